The number of hydrogen-bond donors (Lipinski definition) is 2. The molecule has 0 aliphatic carbocycles. The Kier molecular flexibility index (Phi) is 7.35. The number of alkyl carbamates (subject to hydrolysis) is 1. The topological polar surface area (TPSA) is 84.9 Å². The molecule has 0 spiro atoms. The van der Waals surface area contributed by atoms with Crippen LogP contribution >= 0.6 is 0 Å². The average Bonchev–Trinajstić information content (AvgIpc) is 2.24. The third-order valence-electron chi connectivity index (χ3n) is 1.95. The second-order valence-electron chi connectivity index (χ2n) is 4.64. The number of carbonyl (C=O) groups is 2. The molecule has 0 unspecified atom stereocenters. The molecule has 0 bridgehead atoms. The van der Waals surface area contributed by atoms with E-state index in [1.807, 2.05) is 0 Å². The molecule has 2 atom stereocenters. The Morgan fingerprint density at radius 2 is 1.78 bits per heavy atom. The van der Waals surface area contributed by atoms with E-state index in [2.05, 4.69) is 12.2 Å². The van der Waals surface area contributed by atoms with Gasteiger partial charge in [-0.2, -0.15) is 0 Å². The summed E-state index contributed by atoms with van der Waals surface area (Å²) in [6.07, 6.45) is -2.61. The second-order valence-corrected chi connectivity index (χ2v) is 4.64. The van der Waals surface area contributed by atoms with Gasteiger partial charge in [-0.25, -0.2) is 4.79 Å². The van der Waals surface area contributed by atoms with Crippen molar-refractivity contribution in [3.63, 3.8) is 0 Å². The Hall–Kier alpha value is -1.30. The van der Waals surface area contributed by atoms with Gasteiger partial charge in [-0.1, -0.05) is 27.7 Å². The number of aliphatic hydroxyl groups excluding tert-OH is 1. The number of esters is 1. The van der Waals surface area contributed by atoms with Crippen LogP contribution in [0.25, 0.3) is 0 Å². The van der Waals surface area contributed by atoms with Crippen molar-refractivity contribution in [2.24, 2.45) is 11.8 Å². The molecule has 0 aliphatic rings. The van der Waals surface area contributed by atoms with Gasteiger partial charge in [-0.05, 0) is 6.92 Å². The van der Waals surface area contributed by atoms with E-state index in [-0.39, 0.29) is 18.4 Å². The molecule has 2 N–H and O–H groups in total. The fourth-order valence-electron chi connectivity index (χ4n) is 0.895. The van der Waals surface area contributed by atoms with Crippen LogP contribution in [0.2, 0.25) is 0 Å². The summed E-state index contributed by atoms with van der Waals surface area (Å²) in [4.78, 5) is 22.8. The molecule has 0 heterocycles. The zero-order valence-electron chi connectivity index (χ0n) is 11.3. The molecular formula is C12H22NO5. The number of hydrogen-bond acceptors (Lipinski definition) is 5. The zero-order chi connectivity index (χ0) is 14.3. The summed E-state index contributed by atoms with van der Waals surface area (Å²) >= 11 is 0. The Morgan fingerprint density at radius 3 is 2.17 bits per heavy atom. The van der Waals surface area contributed by atoms with Crippen molar-refractivity contribution in [2.45, 2.75) is 40.1 Å². The fourth-order valence-corrected chi connectivity index (χ4v) is 0.895. The average molecular weight is 260 g/mol. The van der Waals surface area contributed by atoms with Gasteiger partial charge in [0.2, 0.25) is 0 Å². The number of amides is 1. The maximum absolute atomic E-state index is 11.4. The maximum atomic E-state index is 11.4. The molecule has 0 aromatic carbocycles. The lowest BCUT2D eigenvalue weighted by atomic mass is 10.2. The first kappa shape index (κ1) is 16.7. The molecule has 0 fully saturated rings. The van der Waals surface area contributed by atoms with Gasteiger partial charge in [0.25, 0.3) is 6.29 Å². The lowest BCUT2D eigenvalue weighted by molar-refractivity contribution is -0.178. The number of rotatable bonds is 6. The molecule has 0 aliphatic heterocycles. The van der Waals surface area contributed by atoms with E-state index in [0.717, 1.165) is 0 Å². The van der Waals surface area contributed by atoms with Crippen LogP contribution in [0.5, 0.6) is 0 Å². The fraction of sp³-hybridized carbons (Fsp3) is 0.750. The van der Waals surface area contributed by atoms with E-state index in [1.54, 1.807) is 27.7 Å². The SMILES string of the molecule is [CH2][C@@H](O)CNC(=O)O[C@H](OC(=O)C(C)C)C(C)C. The maximum Gasteiger partial charge on any atom is 0.410 e. The van der Waals surface area contributed by atoms with Gasteiger partial charge in [0, 0.05) is 12.5 Å². The summed E-state index contributed by atoms with van der Waals surface area (Å²) < 4.78 is 10.0. The predicted molar refractivity (Wildman–Crippen MR) is 65.4 cm³/mol. The molecular weight excluding hydrogens is 238 g/mol. The second kappa shape index (κ2) is 7.92. The predicted octanol–water partition coefficient (Wildman–Crippen LogP) is 1.09. The summed E-state index contributed by atoms with van der Waals surface area (Å²) in [5.41, 5.74) is 0. The van der Waals surface area contributed by atoms with Crippen molar-refractivity contribution in [1.29, 1.82) is 0 Å². The third-order valence-corrected chi connectivity index (χ3v) is 1.95. The van der Waals surface area contributed by atoms with Crippen LogP contribution in [0.15, 0.2) is 0 Å². The number of nitrogens with one attached hydrogen (secondary N) is 1. The summed E-state index contributed by atoms with van der Waals surface area (Å²) in [6.45, 7) is 10.2. The van der Waals surface area contributed by atoms with E-state index in [4.69, 9.17) is 14.6 Å². The first-order valence-electron chi connectivity index (χ1n) is 5.90. The number of aliphatic hydroxyl groups is 1. The van der Waals surface area contributed by atoms with E-state index in [1.165, 1.54) is 0 Å². The number of ether oxygens (including phenoxy) is 2. The highest BCUT2D eigenvalue weighted by molar-refractivity contribution is 5.72. The van der Waals surface area contributed by atoms with Gasteiger partial charge >= 0.3 is 12.1 Å². The van der Waals surface area contributed by atoms with Crippen LogP contribution in [0.1, 0.15) is 27.7 Å². The Morgan fingerprint density at radius 1 is 1.22 bits per heavy atom. The molecule has 105 valence electrons. The van der Waals surface area contributed by atoms with E-state index in [0.29, 0.717) is 0 Å². The molecule has 0 saturated heterocycles. The lowest BCUT2D eigenvalue weighted by Crippen LogP contribution is -2.37. The summed E-state index contributed by atoms with van der Waals surface area (Å²) in [7, 11) is 0. The molecule has 0 aromatic heterocycles. The summed E-state index contributed by atoms with van der Waals surface area (Å²) in [5, 5.41) is 11.2. The smallest absolute Gasteiger partial charge is 0.410 e. The van der Waals surface area contributed by atoms with Crippen LogP contribution in [0, 0.1) is 18.8 Å². The van der Waals surface area contributed by atoms with Crippen LogP contribution in [-0.2, 0) is 14.3 Å². The Labute approximate surface area is 108 Å². The van der Waals surface area contributed by atoms with Gasteiger partial charge < -0.3 is 19.9 Å². The highest BCUT2D eigenvalue weighted by Crippen LogP contribution is 2.11. The van der Waals surface area contributed by atoms with E-state index in [9.17, 15) is 9.59 Å². The first-order valence-corrected chi connectivity index (χ1v) is 5.90. The van der Waals surface area contributed by atoms with Crippen molar-refractivity contribution in [3.05, 3.63) is 6.92 Å². The molecule has 6 heteroatoms. The standard InChI is InChI=1S/C12H22NO5/c1-7(2)10(15)17-11(8(3)4)18-12(16)13-6-9(5)14/h7-9,11,14H,5-6H2,1-4H3,(H,13,16)/t9-,11+/m1/s1. The number of carbonyl (C=O) groups excluding carboxylic acids is 2. The van der Waals surface area contributed by atoms with Crippen LogP contribution in [0.4, 0.5) is 4.79 Å². The Balaban J connectivity index is 4.27. The normalized spacial score (nSPS) is 14.2. The largest absolute Gasteiger partial charge is 0.425 e. The van der Waals surface area contributed by atoms with Gasteiger partial charge in [-0.15, -0.1) is 0 Å². The minimum atomic E-state index is -0.943. The van der Waals surface area contributed by atoms with Gasteiger partial charge in [0.1, 0.15) is 0 Å². The zero-order valence-corrected chi connectivity index (χ0v) is 11.3. The van der Waals surface area contributed by atoms with E-state index >= 15 is 0 Å². The highest BCUT2D eigenvalue weighted by atomic mass is 16.7. The molecule has 18 heavy (non-hydrogen) atoms. The lowest BCUT2D eigenvalue weighted by Gasteiger charge is -2.22. The van der Waals surface area contributed by atoms with Crippen molar-refractivity contribution in [2.75, 3.05) is 6.54 Å². The quantitative estimate of drug-likeness (QED) is 0.551. The van der Waals surface area contributed by atoms with Gasteiger partial charge in [0.15, 0.2) is 0 Å². The monoisotopic (exact) mass is 260 g/mol. The third kappa shape index (κ3) is 7.11. The molecule has 0 saturated carbocycles. The van der Waals surface area contributed by atoms with Crippen molar-refractivity contribution < 1.29 is 24.2 Å². The molecule has 1 radical (unpaired) electrons. The Bertz CT molecular complexity index is 276. The minimum absolute atomic E-state index is 0.0260. The summed E-state index contributed by atoms with van der Waals surface area (Å²) in [5.74, 6) is -0.888. The highest BCUT2D eigenvalue weighted by Gasteiger charge is 2.24. The van der Waals surface area contributed by atoms with Gasteiger partial charge in [-0.3, -0.25) is 4.79 Å². The van der Waals surface area contributed by atoms with Crippen LogP contribution < -0.4 is 5.32 Å². The molecule has 6 nitrogen and oxygen atoms in total. The van der Waals surface area contributed by atoms with Crippen molar-refractivity contribution >= 4 is 12.1 Å². The molecule has 0 aromatic rings. The van der Waals surface area contributed by atoms with Gasteiger partial charge in [0.05, 0.1) is 12.0 Å². The van der Waals surface area contributed by atoms with Crippen LogP contribution in [-0.4, -0.2) is 36.1 Å². The minimum Gasteiger partial charge on any atom is -0.425 e. The van der Waals surface area contributed by atoms with Crippen molar-refractivity contribution in [1.82, 2.24) is 5.32 Å². The summed E-state index contributed by atoms with van der Waals surface area (Å²) in [6, 6.07) is 0. The van der Waals surface area contributed by atoms with Crippen LogP contribution in [0.3, 0.4) is 0 Å². The first-order chi connectivity index (χ1) is 8.23. The molecule has 1 amide bonds. The van der Waals surface area contributed by atoms with Crippen molar-refractivity contribution in [3.8, 4) is 0 Å². The molecule has 0 rings (SSSR count). The van der Waals surface area contributed by atoms with E-state index < -0.39 is 24.5 Å².